The second kappa shape index (κ2) is 5.32. The van der Waals surface area contributed by atoms with Gasteiger partial charge in [-0.3, -0.25) is 0 Å². The fourth-order valence-corrected chi connectivity index (χ4v) is 3.40. The minimum atomic E-state index is 0.417. The lowest BCUT2D eigenvalue weighted by molar-refractivity contribution is 0.135. The molecule has 4 heteroatoms. The Labute approximate surface area is 121 Å². The van der Waals surface area contributed by atoms with Crippen LogP contribution < -0.4 is 10.6 Å². The van der Waals surface area contributed by atoms with Crippen molar-refractivity contribution in [3.8, 4) is 0 Å². The van der Waals surface area contributed by atoms with Crippen molar-refractivity contribution in [3.05, 3.63) is 17.5 Å². The molecule has 2 aliphatic rings. The van der Waals surface area contributed by atoms with Gasteiger partial charge in [0.05, 0.1) is 0 Å². The van der Waals surface area contributed by atoms with Gasteiger partial charge in [0.2, 0.25) is 5.95 Å². The van der Waals surface area contributed by atoms with Crippen LogP contribution >= 0.6 is 0 Å². The van der Waals surface area contributed by atoms with Crippen molar-refractivity contribution < 1.29 is 0 Å². The Morgan fingerprint density at radius 2 is 2.15 bits per heavy atom. The van der Waals surface area contributed by atoms with E-state index >= 15 is 0 Å². The van der Waals surface area contributed by atoms with Crippen molar-refractivity contribution in [2.45, 2.75) is 70.4 Å². The number of piperidine rings is 1. The van der Waals surface area contributed by atoms with Crippen LogP contribution in [0.15, 0.2) is 6.07 Å². The molecule has 1 aromatic heterocycles. The first-order valence-corrected chi connectivity index (χ1v) is 7.93. The van der Waals surface area contributed by atoms with Gasteiger partial charge in [-0.25, -0.2) is 9.97 Å². The van der Waals surface area contributed by atoms with E-state index < -0.39 is 0 Å². The van der Waals surface area contributed by atoms with E-state index in [1.807, 2.05) is 0 Å². The number of nitrogens with zero attached hydrogens (tertiary/aromatic N) is 2. The Kier molecular flexibility index (Phi) is 3.67. The third-order valence-corrected chi connectivity index (χ3v) is 4.74. The van der Waals surface area contributed by atoms with E-state index in [0.717, 1.165) is 30.3 Å². The monoisotopic (exact) mass is 274 g/mol. The molecular weight excluding hydrogens is 248 g/mol. The Hall–Kier alpha value is -1.16. The number of nitrogens with one attached hydrogen (secondary N) is 2. The van der Waals surface area contributed by atoms with Crippen LogP contribution in [0, 0.1) is 6.92 Å². The molecule has 1 unspecified atom stereocenters. The molecule has 0 radical (unpaired) electrons. The van der Waals surface area contributed by atoms with Gasteiger partial charge < -0.3 is 10.6 Å². The molecule has 0 aromatic carbocycles. The number of hydrogen-bond donors (Lipinski definition) is 2. The lowest BCUT2D eigenvalue weighted by Crippen LogP contribution is -2.58. The molecule has 4 nitrogen and oxygen atoms in total. The SMILES string of the molecule is Cc1cc(C(C)C)nc(NC2CCNC3(CCC3)C2)n1. The Balaban J connectivity index is 1.70. The van der Waals surface area contributed by atoms with Gasteiger partial charge in [0.25, 0.3) is 0 Å². The molecule has 2 fully saturated rings. The Bertz CT molecular complexity index is 479. The Morgan fingerprint density at radius 3 is 2.80 bits per heavy atom. The summed E-state index contributed by atoms with van der Waals surface area (Å²) in [7, 11) is 0. The van der Waals surface area contributed by atoms with Gasteiger partial charge in [-0.2, -0.15) is 0 Å². The van der Waals surface area contributed by atoms with Crippen molar-refractivity contribution in [2.24, 2.45) is 0 Å². The average molecular weight is 274 g/mol. The quantitative estimate of drug-likeness (QED) is 0.889. The fourth-order valence-electron chi connectivity index (χ4n) is 3.40. The van der Waals surface area contributed by atoms with Gasteiger partial charge in [0.15, 0.2) is 0 Å². The van der Waals surface area contributed by atoms with Crippen LogP contribution in [-0.4, -0.2) is 28.1 Å². The summed E-state index contributed by atoms with van der Waals surface area (Å²) in [5.41, 5.74) is 2.60. The van der Waals surface area contributed by atoms with Crippen molar-refractivity contribution in [1.29, 1.82) is 0 Å². The van der Waals surface area contributed by atoms with Gasteiger partial charge in [-0.05, 0) is 57.6 Å². The second-order valence-corrected chi connectivity index (χ2v) is 6.81. The maximum atomic E-state index is 4.68. The second-order valence-electron chi connectivity index (χ2n) is 6.81. The number of hydrogen-bond acceptors (Lipinski definition) is 4. The predicted molar refractivity (Wildman–Crippen MR) is 82.1 cm³/mol. The first-order chi connectivity index (χ1) is 9.56. The Morgan fingerprint density at radius 1 is 1.35 bits per heavy atom. The minimum absolute atomic E-state index is 0.417. The molecule has 20 heavy (non-hydrogen) atoms. The molecule has 2 heterocycles. The fraction of sp³-hybridized carbons (Fsp3) is 0.750. The summed E-state index contributed by atoms with van der Waals surface area (Å²) < 4.78 is 0. The van der Waals surface area contributed by atoms with Crippen molar-refractivity contribution in [3.63, 3.8) is 0 Å². The van der Waals surface area contributed by atoms with Gasteiger partial charge in [-0.15, -0.1) is 0 Å². The highest BCUT2D eigenvalue weighted by Gasteiger charge is 2.40. The number of anilines is 1. The molecule has 1 aliphatic carbocycles. The highest BCUT2D eigenvalue weighted by Crippen LogP contribution is 2.38. The highest BCUT2D eigenvalue weighted by atomic mass is 15.1. The minimum Gasteiger partial charge on any atom is -0.351 e. The van der Waals surface area contributed by atoms with Crippen molar-refractivity contribution in [2.75, 3.05) is 11.9 Å². The van der Waals surface area contributed by atoms with Gasteiger partial charge in [-0.1, -0.05) is 13.8 Å². The molecule has 1 spiro atoms. The van der Waals surface area contributed by atoms with Crippen LogP contribution in [0.5, 0.6) is 0 Å². The van der Waals surface area contributed by atoms with E-state index in [0.29, 0.717) is 17.5 Å². The van der Waals surface area contributed by atoms with Gasteiger partial charge >= 0.3 is 0 Å². The van der Waals surface area contributed by atoms with E-state index in [1.165, 1.54) is 25.7 Å². The zero-order valence-corrected chi connectivity index (χ0v) is 12.9. The molecule has 1 aromatic rings. The summed E-state index contributed by atoms with van der Waals surface area (Å²) in [6.07, 6.45) is 6.41. The topological polar surface area (TPSA) is 49.8 Å². The first kappa shape index (κ1) is 13.8. The largest absolute Gasteiger partial charge is 0.351 e. The average Bonchev–Trinajstić information content (AvgIpc) is 2.36. The molecule has 110 valence electrons. The maximum absolute atomic E-state index is 4.68. The number of aryl methyl sites for hydroxylation is 1. The number of aromatic nitrogens is 2. The summed E-state index contributed by atoms with van der Waals surface area (Å²) in [4.78, 5) is 9.24. The standard InChI is InChI=1S/C16H26N4/c1-11(2)14-9-12(3)18-15(20-14)19-13-5-8-17-16(10-13)6-4-7-16/h9,11,13,17H,4-8,10H2,1-3H3,(H,18,19,20). The van der Waals surface area contributed by atoms with E-state index in [9.17, 15) is 0 Å². The lowest BCUT2D eigenvalue weighted by Gasteiger charge is -2.48. The van der Waals surface area contributed by atoms with E-state index in [2.05, 4.69) is 47.4 Å². The zero-order valence-electron chi connectivity index (χ0n) is 12.9. The molecule has 1 aliphatic heterocycles. The van der Waals surface area contributed by atoms with E-state index in [-0.39, 0.29) is 0 Å². The normalized spacial score (nSPS) is 24.7. The lowest BCUT2D eigenvalue weighted by atomic mass is 9.70. The van der Waals surface area contributed by atoms with Crippen molar-refractivity contribution in [1.82, 2.24) is 15.3 Å². The molecule has 3 rings (SSSR count). The third-order valence-electron chi connectivity index (χ3n) is 4.74. The van der Waals surface area contributed by atoms with Gasteiger partial charge in [0.1, 0.15) is 0 Å². The molecule has 1 saturated heterocycles. The predicted octanol–water partition coefficient (Wildman–Crippen LogP) is 3.00. The van der Waals surface area contributed by atoms with Crippen LogP contribution in [0.4, 0.5) is 5.95 Å². The summed E-state index contributed by atoms with van der Waals surface area (Å²) in [5, 5.41) is 7.29. The van der Waals surface area contributed by atoms with E-state index in [1.54, 1.807) is 0 Å². The van der Waals surface area contributed by atoms with Crippen LogP contribution in [0.2, 0.25) is 0 Å². The molecule has 0 amide bonds. The van der Waals surface area contributed by atoms with Crippen LogP contribution in [0.3, 0.4) is 0 Å². The third kappa shape index (κ3) is 2.80. The highest BCUT2D eigenvalue weighted by molar-refractivity contribution is 5.31. The maximum Gasteiger partial charge on any atom is 0.223 e. The molecular formula is C16H26N4. The summed E-state index contributed by atoms with van der Waals surface area (Å²) in [6, 6.07) is 2.60. The van der Waals surface area contributed by atoms with Crippen molar-refractivity contribution >= 4 is 5.95 Å². The van der Waals surface area contributed by atoms with E-state index in [4.69, 9.17) is 0 Å². The molecule has 2 N–H and O–H groups in total. The summed E-state index contributed by atoms with van der Waals surface area (Å²) >= 11 is 0. The summed E-state index contributed by atoms with van der Waals surface area (Å²) in [6.45, 7) is 7.52. The van der Waals surface area contributed by atoms with Crippen LogP contribution in [0.25, 0.3) is 0 Å². The molecule has 1 atom stereocenters. The van der Waals surface area contributed by atoms with Crippen LogP contribution in [0.1, 0.15) is 63.3 Å². The zero-order chi connectivity index (χ0) is 14.2. The smallest absolute Gasteiger partial charge is 0.223 e. The molecule has 1 saturated carbocycles. The summed E-state index contributed by atoms with van der Waals surface area (Å²) in [5.74, 6) is 1.26. The van der Waals surface area contributed by atoms with Crippen LogP contribution in [-0.2, 0) is 0 Å². The first-order valence-electron chi connectivity index (χ1n) is 7.93. The van der Waals surface area contributed by atoms with Gasteiger partial charge in [0, 0.05) is 23.0 Å². The molecule has 0 bridgehead atoms. The number of rotatable bonds is 3.